The van der Waals surface area contributed by atoms with Gasteiger partial charge in [0.25, 0.3) is 0 Å². The molecule has 120 valence electrons. The standard InChI is InChI=1S/C15H31NO4/c1-13(2)5-4-7-19-10-14(17)9-16-11-15(18-3)6-8-20-12-15/h13-14,16-17H,4-12H2,1-3H3. The molecule has 1 rings (SSSR count). The Balaban J connectivity index is 2.01. The van der Waals surface area contributed by atoms with Crippen LogP contribution in [-0.2, 0) is 14.2 Å². The van der Waals surface area contributed by atoms with Gasteiger partial charge in [0.2, 0.25) is 0 Å². The van der Waals surface area contributed by atoms with E-state index in [1.54, 1.807) is 7.11 Å². The van der Waals surface area contributed by atoms with Crippen molar-refractivity contribution in [1.82, 2.24) is 5.32 Å². The molecule has 2 N–H and O–H groups in total. The van der Waals surface area contributed by atoms with E-state index in [-0.39, 0.29) is 5.60 Å². The van der Waals surface area contributed by atoms with Gasteiger partial charge in [-0.15, -0.1) is 0 Å². The van der Waals surface area contributed by atoms with Gasteiger partial charge in [-0.05, 0) is 18.8 Å². The van der Waals surface area contributed by atoms with E-state index >= 15 is 0 Å². The van der Waals surface area contributed by atoms with Crippen LogP contribution < -0.4 is 5.32 Å². The summed E-state index contributed by atoms with van der Waals surface area (Å²) >= 11 is 0. The summed E-state index contributed by atoms with van der Waals surface area (Å²) in [7, 11) is 1.71. The van der Waals surface area contributed by atoms with Crippen molar-refractivity contribution in [2.24, 2.45) is 5.92 Å². The highest BCUT2D eigenvalue weighted by molar-refractivity contribution is 4.87. The normalized spacial score (nSPS) is 24.4. The summed E-state index contributed by atoms with van der Waals surface area (Å²) in [5.41, 5.74) is -0.224. The predicted octanol–water partition coefficient (Wildman–Crippen LogP) is 1.20. The average Bonchev–Trinajstić information content (AvgIpc) is 2.87. The van der Waals surface area contributed by atoms with Crippen molar-refractivity contribution in [3.05, 3.63) is 0 Å². The molecule has 20 heavy (non-hydrogen) atoms. The molecule has 1 aliphatic rings. The van der Waals surface area contributed by atoms with E-state index in [9.17, 15) is 5.11 Å². The lowest BCUT2D eigenvalue weighted by Crippen LogP contribution is -2.45. The molecule has 0 amide bonds. The van der Waals surface area contributed by atoms with E-state index in [4.69, 9.17) is 14.2 Å². The van der Waals surface area contributed by atoms with Crippen LogP contribution in [0.5, 0.6) is 0 Å². The molecule has 0 bridgehead atoms. The fraction of sp³-hybridized carbons (Fsp3) is 1.00. The highest BCUT2D eigenvalue weighted by atomic mass is 16.5. The number of ether oxygens (including phenoxy) is 3. The second-order valence-corrected chi connectivity index (χ2v) is 6.09. The van der Waals surface area contributed by atoms with Gasteiger partial charge in [0.05, 0.1) is 19.3 Å². The molecular formula is C15H31NO4. The molecule has 0 aromatic rings. The first kappa shape index (κ1) is 17.9. The van der Waals surface area contributed by atoms with E-state index in [1.165, 1.54) is 6.42 Å². The van der Waals surface area contributed by atoms with Crippen molar-refractivity contribution in [3.63, 3.8) is 0 Å². The number of methoxy groups -OCH3 is 1. The van der Waals surface area contributed by atoms with Gasteiger partial charge >= 0.3 is 0 Å². The summed E-state index contributed by atoms with van der Waals surface area (Å²) < 4.78 is 16.4. The summed E-state index contributed by atoms with van der Waals surface area (Å²) in [6.45, 7) is 8.12. The summed E-state index contributed by atoms with van der Waals surface area (Å²) in [6, 6.07) is 0. The van der Waals surface area contributed by atoms with Crippen molar-refractivity contribution in [3.8, 4) is 0 Å². The van der Waals surface area contributed by atoms with Gasteiger partial charge < -0.3 is 24.6 Å². The van der Waals surface area contributed by atoms with Crippen LogP contribution in [0.3, 0.4) is 0 Å². The number of aliphatic hydroxyl groups is 1. The Morgan fingerprint density at radius 3 is 2.80 bits per heavy atom. The lowest BCUT2D eigenvalue weighted by atomic mass is 10.0. The van der Waals surface area contributed by atoms with Crippen molar-refractivity contribution < 1.29 is 19.3 Å². The highest BCUT2D eigenvalue weighted by Crippen LogP contribution is 2.21. The number of nitrogens with one attached hydrogen (secondary N) is 1. The van der Waals surface area contributed by atoms with Crippen molar-refractivity contribution in [2.75, 3.05) is 46.6 Å². The van der Waals surface area contributed by atoms with Gasteiger partial charge in [-0.3, -0.25) is 0 Å². The van der Waals surface area contributed by atoms with E-state index in [2.05, 4.69) is 19.2 Å². The minimum atomic E-state index is -0.467. The quantitative estimate of drug-likeness (QED) is 0.560. The molecule has 2 atom stereocenters. The third-order valence-corrected chi connectivity index (χ3v) is 3.71. The second-order valence-electron chi connectivity index (χ2n) is 6.09. The third-order valence-electron chi connectivity index (χ3n) is 3.71. The lowest BCUT2D eigenvalue weighted by molar-refractivity contribution is -0.0200. The Labute approximate surface area is 123 Å². The molecule has 0 aromatic carbocycles. The van der Waals surface area contributed by atoms with Crippen LogP contribution in [0.1, 0.15) is 33.1 Å². The summed E-state index contributed by atoms with van der Waals surface area (Å²) in [4.78, 5) is 0. The third kappa shape index (κ3) is 6.99. The molecule has 0 radical (unpaired) electrons. The monoisotopic (exact) mass is 289 g/mol. The van der Waals surface area contributed by atoms with Gasteiger partial charge in [-0.1, -0.05) is 13.8 Å². The molecule has 2 unspecified atom stereocenters. The lowest BCUT2D eigenvalue weighted by Gasteiger charge is -2.26. The largest absolute Gasteiger partial charge is 0.389 e. The summed E-state index contributed by atoms with van der Waals surface area (Å²) in [5, 5.41) is 13.1. The summed E-state index contributed by atoms with van der Waals surface area (Å²) in [5.74, 6) is 0.712. The van der Waals surface area contributed by atoms with Crippen LogP contribution >= 0.6 is 0 Å². The Bertz CT molecular complexity index is 242. The summed E-state index contributed by atoms with van der Waals surface area (Å²) in [6.07, 6.45) is 2.66. The number of hydrogen-bond acceptors (Lipinski definition) is 5. The van der Waals surface area contributed by atoms with Crippen LogP contribution in [0.15, 0.2) is 0 Å². The van der Waals surface area contributed by atoms with E-state index in [0.29, 0.717) is 32.2 Å². The fourth-order valence-corrected chi connectivity index (χ4v) is 2.30. The molecule has 1 saturated heterocycles. The predicted molar refractivity (Wildman–Crippen MR) is 78.9 cm³/mol. The Morgan fingerprint density at radius 2 is 2.20 bits per heavy atom. The number of hydrogen-bond donors (Lipinski definition) is 2. The van der Waals surface area contributed by atoms with Gasteiger partial charge in [-0.25, -0.2) is 0 Å². The van der Waals surface area contributed by atoms with Gasteiger partial charge in [0, 0.05) is 39.8 Å². The van der Waals surface area contributed by atoms with E-state index in [0.717, 1.165) is 26.1 Å². The molecule has 1 heterocycles. The maximum absolute atomic E-state index is 9.83. The van der Waals surface area contributed by atoms with Crippen LogP contribution in [-0.4, -0.2) is 63.4 Å². The molecular weight excluding hydrogens is 258 g/mol. The number of aliphatic hydroxyl groups excluding tert-OH is 1. The van der Waals surface area contributed by atoms with Gasteiger partial charge in [-0.2, -0.15) is 0 Å². The molecule has 0 aromatic heterocycles. The minimum absolute atomic E-state index is 0.224. The molecule has 1 aliphatic heterocycles. The molecule has 5 heteroatoms. The first-order valence-corrected chi connectivity index (χ1v) is 7.67. The van der Waals surface area contributed by atoms with E-state index < -0.39 is 6.10 Å². The smallest absolute Gasteiger partial charge is 0.106 e. The van der Waals surface area contributed by atoms with Gasteiger partial charge in [0.1, 0.15) is 5.60 Å². The molecule has 1 fully saturated rings. The first-order chi connectivity index (χ1) is 9.58. The topological polar surface area (TPSA) is 60.0 Å². The molecule has 5 nitrogen and oxygen atoms in total. The Kier molecular flexibility index (Phi) is 8.64. The molecule has 0 saturated carbocycles. The molecule has 0 aliphatic carbocycles. The van der Waals surface area contributed by atoms with Crippen molar-refractivity contribution >= 4 is 0 Å². The maximum atomic E-state index is 9.83. The zero-order valence-electron chi connectivity index (χ0n) is 13.2. The first-order valence-electron chi connectivity index (χ1n) is 7.67. The van der Waals surface area contributed by atoms with Crippen LogP contribution in [0.4, 0.5) is 0 Å². The fourth-order valence-electron chi connectivity index (χ4n) is 2.30. The second kappa shape index (κ2) is 9.68. The van der Waals surface area contributed by atoms with Crippen molar-refractivity contribution in [1.29, 1.82) is 0 Å². The Hall–Kier alpha value is -0.200. The van der Waals surface area contributed by atoms with Gasteiger partial charge in [0.15, 0.2) is 0 Å². The SMILES string of the molecule is COC1(CNCC(O)COCCCC(C)C)CCOC1. The maximum Gasteiger partial charge on any atom is 0.106 e. The minimum Gasteiger partial charge on any atom is -0.389 e. The zero-order chi connectivity index (χ0) is 14.8. The van der Waals surface area contributed by atoms with E-state index in [1.807, 2.05) is 0 Å². The highest BCUT2D eigenvalue weighted by Gasteiger charge is 2.34. The molecule has 0 spiro atoms. The number of rotatable bonds is 11. The average molecular weight is 289 g/mol. The van der Waals surface area contributed by atoms with Crippen LogP contribution in [0, 0.1) is 5.92 Å². The zero-order valence-corrected chi connectivity index (χ0v) is 13.2. The van der Waals surface area contributed by atoms with Crippen molar-refractivity contribution in [2.45, 2.75) is 44.8 Å². The Morgan fingerprint density at radius 1 is 1.40 bits per heavy atom. The van der Waals surface area contributed by atoms with Crippen LogP contribution in [0.2, 0.25) is 0 Å². The van der Waals surface area contributed by atoms with Crippen LogP contribution in [0.25, 0.3) is 0 Å².